The first kappa shape index (κ1) is 30.7. The van der Waals surface area contributed by atoms with Crippen molar-refractivity contribution in [3.8, 4) is 5.75 Å². The molecule has 1 saturated heterocycles. The summed E-state index contributed by atoms with van der Waals surface area (Å²) in [4.78, 5) is 18.1. The predicted octanol–water partition coefficient (Wildman–Crippen LogP) is 7.62. The first-order valence-corrected chi connectivity index (χ1v) is 15.5. The molecule has 0 spiro atoms. The van der Waals surface area contributed by atoms with Crippen molar-refractivity contribution in [1.29, 1.82) is 0 Å². The Hall–Kier alpha value is -4.35. The molecule has 0 aromatic heterocycles. The van der Waals surface area contributed by atoms with E-state index < -0.39 is 12.1 Å². The molecule has 3 aliphatic heterocycles. The van der Waals surface area contributed by atoms with E-state index in [-0.39, 0.29) is 5.75 Å². The topological polar surface area (TPSA) is 73.0 Å². The Morgan fingerprint density at radius 1 is 1.00 bits per heavy atom. The highest BCUT2D eigenvalue weighted by molar-refractivity contribution is 8.14. The van der Waals surface area contributed by atoms with Crippen molar-refractivity contribution in [3.63, 3.8) is 0 Å². The van der Waals surface area contributed by atoms with Crippen LogP contribution in [0.4, 0.5) is 24.5 Å². The zero-order valence-corrected chi connectivity index (χ0v) is 25.9. The Morgan fingerprint density at radius 3 is 2.49 bits per heavy atom. The number of halogens is 3. The minimum absolute atomic E-state index is 0.264. The van der Waals surface area contributed by atoms with E-state index in [1.165, 1.54) is 23.9 Å². The molecule has 6 rings (SSSR count). The van der Waals surface area contributed by atoms with Crippen molar-refractivity contribution in [3.05, 3.63) is 106 Å². The molecule has 1 atom stereocenters. The molecule has 0 radical (unpaired) electrons. The van der Waals surface area contributed by atoms with Gasteiger partial charge in [0.25, 0.3) is 0 Å². The molecular weight excluding hydrogens is 599 g/mol. The first-order chi connectivity index (χ1) is 21.5. The second kappa shape index (κ2) is 12.2. The normalized spacial score (nSPS) is 20.9. The van der Waals surface area contributed by atoms with Crippen molar-refractivity contribution in [2.24, 2.45) is 15.0 Å². The SMILES string of the molecule is Cc1cccc(C)c1N1/C(=N/C2=CCc3ccc(C4=CCCN(c5ccc(OC(F)(F)F)cc5)C=N4)cc3C=N2)SCC1(C)O. The smallest absolute Gasteiger partial charge is 0.406 e. The van der Waals surface area contributed by atoms with Crippen molar-refractivity contribution in [2.75, 3.05) is 22.1 Å². The number of thioether (sulfide) groups is 1. The summed E-state index contributed by atoms with van der Waals surface area (Å²) in [7, 11) is 0. The molecule has 3 heterocycles. The average molecular weight is 632 g/mol. The lowest BCUT2D eigenvalue weighted by Crippen LogP contribution is -2.45. The highest BCUT2D eigenvalue weighted by atomic mass is 32.2. The molecule has 0 aliphatic carbocycles. The second-order valence-corrected chi connectivity index (χ2v) is 12.2. The summed E-state index contributed by atoms with van der Waals surface area (Å²) in [5, 5.41) is 12.0. The monoisotopic (exact) mass is 631 g/mol. The number of amidine groups is 1. The van der Waals surface area contributed by atoms with Crippen LogP contribution in [-0.2, 0) is 6.42 Å². The Kier molecular flexibility index (Phi) is 8.32. The van der Waals surface area contributed by atoms with Gasteiger partial charge in [-0.1, -0.05) is 48.2 Å². The van der Waals surface area contributed by atoms with E-state index in [1.807, 2.05) is 73.2 Å². The van der Waals surface area contributed by atoms with Gasteiger partial charge < -0.3 is 14.7 Å². The number of benzene rings is 3. The van der Waals surface area contributed by atoms with Gasteiger partial charge in [0.05, 0.1) is 17.7 Å². The van der Waals surface area contributed by atoms with Crippen LogP contribution in [0.1, 0.15) is 41.2 Å². The van der Waals surface area contributed by atoms with E-state index in [0.29, 0.717) is 36.1 Å². The number of hydrogen-bond acceptors (Lipinski definition) is 7. The summed E-state index contributed by atoms with van der Waals surface area (Å²) in [6.07, 6.45) is 4.18. The molecule has 3 aromatic rings. The van der Waals surface area contributed by atoms with Crippen molar-refractivity contribution in [1.82, 2.24) is 0 Å². The molecule has 0 amide bonds. The number of anilines is 2. The van der Waals surface area contributed by atoms with Crippen LogP contribution in [0.3, 0.4) is 0 Å². The van der Waals surface area contributed by atoms with Gasteiger partial charge in [-0.15, -0.1) is 13.2 Å². The maximum Gasteiger partial charge on any atom is 0.573 e. The van der Waals surface area contributed by atoms with Crippen LogP contribution in [0.2, 0.25) is 0 Å². The number of aliphatic imine (C=N–C) groups is 3. The van der Waals surface area contributed by atoms with E-state index in [4.69, 9.17) is 15.0 Å². The molecule has 232 valence electrons. The van der Waals surface area contributed by atoms with Gasteiger partial charge in [0, 0.05) is 29.8 Å². The lowest BCUT2D eigenvalue weighted by atomic mass is 10.0. The van der Waals surface area contributed by atoms with Gasteiger partial charge in [0.2, 0.25) is 0 Å². The summed E-state index contributed by atoms with van der Waals surface area (Å²) in [5.74, 6) is 0.809. The summed E-state index contributed by atoms with van der Waals surface area (Å²) in [6.45, 7) is 6.51. The number of alkyl halides is 3. The lowest BCUT2D eigenvalue weighted by Gasteiger charge is -2.33. The number of ether oxygens (including phenoxy) is 1. The van der Waals surface area contributed by atoms with Gasteiger partial charge in [-0.3, -0.25) is 4.90 Å². The molecule has 7 nitrogen and oxygen atoms in total. The number of hydrogen-bond donors (Lipinski definition) is 1. The molecule has 3 aliphatic rings. The van der Waals surface area contributed by atoms with E-state index in [2.05, 4.69) is 16.9 Å². The second-order valence-electron chi connectivity index (χ2n) is 11.3. The van der Waals surface area contributed by atoms with Crippen molar-refractivity contribution in [2.45, 2.75) is 45.7 Å². The van der Waals surface area contributed by atoms with Gasteiger partial charge >= 0.3 is 6.36 Å². The van der Waals surface area contributed by atoms with E-state index >= 15 is 0 Å². The molecular formula is C34H32F3N5O2S. The number of fused-ring (bicyclic) bond motifs is 1. The predicted molar refractivity (Wildman–Crippen MR) is 176 cm³/mol. The molecule has 45 heavy (non-hydrogen) atoms. The largest absolute Gasteiger partial charge is 0.573 e. The van der Waals surface area contributed by atoms with E-state index in [9.17, 15) is 18.3 Å². The molecule has 0 saturated carbocycles. The number of aryl methyl sites for hydroxylation is 2. The number of aliphatic hydroxyl groups is 1. The number of rotatable bonds is 5. The van der Waals surface area contributed by atoms with Crippen LogP contribution >= 0.6 is 11.8 Å². The Bertz CT molecular complexity index is 1740. The molecule has 11 heteroatoms. The minimum atomic E-state index is -4.73. The first-order valence-electron chi connectivity index (χ1n) is 14.5. The van der Waals surface area contributed by atoms with Gasteiger partial charge in [-0.2, -0.15) is 0 Å². The fourth-order valence-corrected chi connectivity index (χ4v) is 6.65. The van der Waals surface area contributed by atoms with Crippen LogP contribution in [0, 0.1) is 13.8 Å². The fourth-order valence-electron chi connectivity index (χ4n) is 5.55. The Balaban J connectivity index is 1.19. The third-order valence-electron chi connectivity index (χ3n) is 7.75. The summed E-state index contributed by atoms with van der Waals surface area (Å²) in [6, 6.07) is 18.0. The van der Waals surface area contributed by atoms with Crippen molar-refractivity contribution < 1.29 is 23.0 Å². The summed E-state index contributed by atoms with van der Waals surface area (Å²) >= 11 is 1.51. The Morgan fingerprint density at radius 2 is 1.76 bits per heavy atom. The number of para-hydroxylation sites is 1. The van der Waals surface area contributed by atoms with Crippen LogP contribution in [0.15, 0.2) is 93.6 Å². The highest BCUT2D eigenvalue weighted by Crippen LogP contribution is 2.40. The van der Waals surface area contributed by atoms with Crippen LogP contribution < -0.4 is 14.5 Å². The quantitative estimate of drug-likeness (QED) is 0.314. The van der Waals surface area contributed by atoms with Gasteiger partial charge in [-0.25, -0.2) is 15.0 Å². The molecule has 1 N–H and O–H groups in total. The van der Waals surface area contributed by atoms with Gasteiger partial charge in [0.1, 0.15) is 5.75 Å². The zero-order valence-electron chi connectivity index (χ0n) is 25.0. The standard InChI is InChI=1S/C34H32F3N5O2S/c1-22-6-4-7-23(2)31(22)42-32(45-20-33(42,3)43)40-30-16-11-24-9-10-25(18-26(24)19-38-30)29-8-5-17-41(21-39-29)27-12-14-28(15-13-27)44-34(35,36)37/h4,6-10,12-16,18-19,21,43H,5,11,17,20H2,1-3H3/b40-32-. The third kappa shape index (κ3) is 6.84. The van der Waals surface area contributed by atoms with Crippen LogP contribution in [-0.4, -0.2) is 47.2 Å². The van der Waals surface area contributed by atoms with Crippen LogP contribution in [0.25, 0.3) is 5.70 Å². The molecule has 3 aromatic carbocycles. The molecule has 1 fully saturated rings. The lowest BCUT2D eigenvalue weighted by molar-refractivity contribution is -0.274. The maximum atomic E-state index is 12.5. The van der Waals surface area contributed by atoms with Crippen molar-refractivity contribution >= 4 is 46.6 Å². The average Bonchev–Trinajstić information content (AvgIpc) is 3.18. The van der Waals surface area contributed by atoms with E-state index in [0.717, 1.165) is 44.9 Å². The molecule has 1 unspecified atom stereocenters. The fraction of sp³-hybridized carbons (Fsp3) is 0.265. The van der Waals surface area contributed by atoms with Gasteiger partial charge in [0.15, 0.2) is 16.7 Å². The number of allylic oxidation sites excluding steroid dienone is 1. The minimum Gasteiger partial charge on any atom is -0.406 e. The van der Waals surface area contributed by atoms with Crippen LogP contribution in [0.5, 0.6) is 5.75 Å². The Labute approximate surface area is 264 Å². The third-order valence-corrected chi connectivity index (χ3v) is 8.97. The van der Waals surface area contributed by atoms with E-state index in [1.54, 1.807) is 18.5 Å². The highest BCUT2D eigenvalue weighted by Gasteiger charge is 2.41. The summed E-state index contributed by atoms with van der Waals surface area (Å²) in [5.41, 5.74) is 6.54. The maximum absolute atomic E-state index is 12.5. The number of nitrogens with zero attached hydrogens (tertiary/aromatic N) is 5. The van der Waals surface area contributed by atoms with Gasteiger partial charge in [-0.05, 0) is 92.3 Å². The molecule has 0 bridgehead atoms. The zero-order chi connectivity index (χ0) is 31.8. The summed E-state index contributed by atoms with van der Waals surface area (Å²) < 4.78 is 41.5.